The topological polar surface area (TPSA) is 67.6 Å². The molecule has 0 unspecified atom stereocenters. The Kier molecular flexibility index (Phi) is 5.03. The lowest BCUT2D eigenvalue weighted by molar-refractivity contribution is -0.130. The van der Waals surface area contributed by atoms with Crippen molar-refractivity contribution in [1.29, 1.82) is 5.26 Å². The van der Waals surface area contributed by atoms with Gasteiger partial charge in [0, 0.05) is 46.1 Å². The van der Waals surface area contributed by atoms with Gasteiger partial charge in [-0.3, -0.25) is 9.69 Å². The van der Waals surface area contributed by atoms with Crippen LogP contribution in [0, 0.1) is 17.2 Å². The minimum Gasteiger partial charge on any atom is -0.391 e. The van der Waals surface area contributed by atoms with Crippen molar-refractivity contribution in [3.63, 3.8) is 0 Å². The van der Waals surface area contributed by atoms with Gasteiger partial charge in [-0.25, -0.2) is 0 Å². The molecule has 5 nitrogen and oxygen atoms in total. The smallest absolute Gasteiger partial charge is 0.222 e. The van der Waals surface area contributed by atoms with Gasteiger partial charge in [0.25, 0.3) is 0 Å². The van der Waals surface area contributed by atoms with E-state index in [-0.39, 0.29) is 11.8 Å². The molecule has 1 heterocycles. The molecular formula is C20H23N3O2. The van der Waals surface area contributed by atoms with Crippen molar-refractivity contribution in [2.45, 2.75) is 19.1 Å². The number of hydrogen-bond acceptors (Lipinski definition) is 4. The summed E-state index contributed by atoms with van der Waals surface area (Å²) in [4.78, 5) is 15.7. The number of nitriles is 1. The van der Waals surface area contributed by atoms with Crippen LogP contribution in [0.25, 0.3) is 10.8 Å². The van der Waals surface area contributed by atoms with E-state index in [1.165, 1.54) is 0 Å². The highest BCUT2D eigenvalue weighted by atomic mass is 16.3. The summed E-state index contributed by atoms with van der Waals surface area (Å²) in [5.74, 6) is 0.0225. The summed E-state index contributed by atoms with van der Waals surface area (Å²) in [6.07, 6.45) is -0.104. The van der Waals surface area contributed by atoms with E-state index in [0.717, 1.165) is 16.3 Å². The first-order chi connectivity index (χ1) is 12.0. The predicted molar refractivity (Wildman–Crippen MR) is 96.7 cm³/mol. The Hall–Kier alpha value is -2.42. The predicted octanol–water partition coefficient (Wildman–Crippen LogP) is 1.98. The van der Waals surface area contributed by atoms with Crippen LogP contribution < -0.4 is 0 Å². The Morgan fingerprint density at radius 1 is 1.24 bits per heavy atom. The maximum absolute atomic E-state index is 11.9. The molecule has 0 saturated carbocycles. The molecule has 0 radical (unpaired) electrons. The summed E-state index contributed by atoms with van der Waals surface area (Å²) in [6.45, 7) is 1.98. The number of rotatable bonds is 4. The molecule has 3 rings (SSSR count). The molecule has 2 aromatic rings. The van der Waals surface area contributed by atoms with Crippen LogP contribution in [-0.2, 0) is 11.3 Å². The van der Waals surface area contributed by atoms with Crippen molar-refractivity contribution in [2.75, 3.05) is 27.2 Å². The second-order valence-corrected chi connectivity index (χ2v) is 6.94. The fourth-order valence-electron chi connectivity index (χ4n) is 3.52. The van der Waals surface area contributed by atoms with Gasteiger partial charge in [-0.15, -0.1) is 0 Å². The normalized spacial score (nSPS) is 20.6. The second-order valence-electron chi connectivity index (χ2n) is 6.94. The Balaban J connectivity index is 1.77. The summed E-state index contributed by atoms with van der Waals surface area (Å²) >= 11 is 0. The standard InChI is InChI=1S/C20H23N3O2/c1-22(2)20(25)9-16-12-23(13-19(16)24)11-15-8-7-14(10-21)17-5-3-4-6-18(15)17/h3-8,16,19,24H,9,11-13H2,1-2H3/t16-,19-/m1/s1. The van der Waals surface area contributed by atoms with Crippen molar-refractivity contribution >= 4 is 16.7 Å². The second kappa shape index (κ2) is 7.22. The fraction of sp³-hybridized carbons (Fsp3) is 0.400. The van der Waals surface area contributed by atoms with E-state index in [9.17, 15) is 15.2 Å². The molecule has 1 aliphatic rings. The maximum atomic E-state index is 11.9. The Labute approximate surface area is 148 Å². The van der Waals surface area contributed by atoms with Gasteiger partial charge in [0.1, 0.15) is 0 Å². The highest BCUT2D eigenvalue weighted by molar-refractivity contribution is 5.90. The van der Waals surface area contributed by atoms with Crippen LogP contribution in [0.2, 0.25) is 0 Å². The van der Waals surface area contributed by atoms with Crippen LogP contribution >= 0.6 is 0 Å². The third-order valence-electron chi connectivity index (χ3n) is 4.95. The first kappa shape index (κ1) is 17.4. The summed E-state index contributed by atoms with van der Waals surface area (Å²) in [7, 11) is 3.48. The number of aliphatic hydroxyl groups is 1. The van der Waals surface area contributed by atoms with Crippen LogP contribution in [0.1, 0.15) is 17.5 Å². The number of hydrogen-bond donors (Lipinski definition) is 1. The van der Waals surface area contributed by atoms with E-state index in [1.807, 2.05) is 36.4 Å². The number of amides is 1. The van der Waals surface area contributed by atoms with Crippen LogP contribution in [0.5, 0.6) is 0 Å². The summed E-state index contributed by atoms with van der Waals surface area (Å²) in [6, 6.07) is 14.0. The molecule has 1 amide bonds. The van der Waals surface area contributed by atoms with E-state index in [1.54, 1.807) is 19.0 Å². The molecule has 2 atom stereocenters. The van der Waals surface area contributed by atoms with Crippen molar-refractivity contribution < 1.29 is 9.90 Å². The van der Waals surface area contributed by atoms with Gasteiger partial charge < -0.3 is 10.0 Å². The molecule has 130 valence electrons. The molecule has 0 aromatic heterocycles. The van der Waals surface area contributed by atoms with Crippen LogP contribution in [0.4, 0.5) is 0 Å². The van der Waals surface area contributed by atoms with Crippen molar-refractivity contribution in [3.05, 3.63) is 47.5 Å². The molecule has 1 saturated heterocycles. The number of likely N-dealkylation sites (tertiary alicyclic amines) is 1. The largest absolute Gasteiger partial charge is 0.391 e. The zero-order valence-corrected chi connectivity index (χ0v) is 14.6. The van der Waals surface area contributed by atoms with E-state index in [4.69, 9.17) is 0 Å². The van der Waals surface area contributed by atoms with Crippen molar-refractivity contribution in [2.24, 2.45) is 5.92 Å². The van der Waals surface area contributed by atoms with Crippen LogP contribution in [0.15, 0.2) is 36.4 Å². The van der Waals surface area contributed by atoms with Gasteiger partial charge in [-0.05, 0) is 22.4 Å². The number of carbonyl (C=O) groups excluding carboxylic acids is 1. The highest BCUT2D eigenvalue weighted by Crippen LogP contribution is 2.27. The van der Waals surface area contributed by atoms with Gasteiger partial charge in [0.15, 0.2) is 0 Å². The zero-order chi connectivity index (χ0) is 18.0. The molecular weight excluding hydrogens is 314 g/mol. The number of fused-ring (bicyclic) bond motifs is 1. The van der Waals surface area contributed by atoms with E-state index >= 15 is 0 Å². The van der Waals surface area contributed by atoms with E-state index < -0.39 is 6.10 Å². The molecule has 0 spiro atoms. The molecule has 5 heteroatoms. The third-order valence-corrected chi connectivity index (χ3v) is 4.95. The number of aliphatic hydroxyl groups excluding tert-OH is 1. The molecule has 25 heavy (non-hydrogen) atoms. The third kappa shape index (κ3) is 3.65. The SMILES string of the molecule is CN(C)C(=O)C[C@@H]1CN(Cc2ccc(C#N)c3ccccc23)C[C@H]1O. The lowest BCUT2D eigenvalue weighted by atomic mass is 9.99. The van der Waals surface area contributed by atoms with Gasteiger partial charge in [0.2, 0.25) is 5.91 Å². The first-order valence-corrected chi connectivity index (χ1v) is 8.51. The van der Waals surface area contributed by atoms with Gasteiger partial charge in [0.05, 0.1) is 17.7 Å². The molecule has 1 N–H and O–H groups in total. The summed E-state index contributed by atoms with van der Waals surface area (Å²) < 4.78 is 0. The fourth-order valence-corrected chi connectivity index (χ4v) is 3.52. The molecule has 2 aromatic carbocycles. The van der Waals surface area contributed by atoms with Gasteiger partial charge >= 0.3 is 0 Å². The average Bonchev–Trinajstić information content (AvgIpc) is 2.94. The Bertz CT molecular complexity index is 825. The molecule has 1 fully saturated rings. The monoisotopic (exact) mass is 337 g/mol. The van der Waals surface area contributed by atoms with Crippen molar-refractivity contribution in [3.8, 4) is 6.07 Å². The zero-order valence-electron chi connectivity index (χ0n) is 14.6. The Morgan fingerprint density at radius 3 is 2.64 bits per heavy atom. The van der Waals surface area contributed by atoms with E-state index in [2.05, 4.69) is 11.0 Å². The van der Waals surface area contributed by atoms with E-state index in [0.29, 0.717) is 31.6 Å². The summed E-state index contributed by atoms with van der Waals surface area (Å²) in [5.41, 5.74) is 1.82. The molecule has 0 aliphatic carbocycles. The first-order valence-electron chi connectivity index (χ1n) is 8.51. The average molecular weight is 337 g/mol. The molecule has 1 aliphatic heterocycles. The van der Waals surface area contributed by atoms with Crippen LogP contribution in [-0.4, -0.2) is 54.1 Å². The number of carbonyl (C=O) groups is 1. The summed E-state index contributed by atoms with van der Waals surface area (Å²) in [5, 5.41) is 21.6. The minimum atomic E-state index is -0.478. The van der Waals surface area contributed by atoms with Gasteiger partial charge in [-0.1, -0.05) is 30.3 Å². The maximum Gasteiger partial charge on any atom is 0.222 e. The number of β-amino-alcohol motifs (C(OH)–C–C–N with tert-alkyl or cyclic N) is 1. The highest BCUT2D eigenvalue weighted by Gasteiger charge is 2.33. The quantitative estimate of drug-likeness (QED) is 0.926. The molecule has 0 bridgehead atoms. The lowest BCUT2D eigenvalue weighted by Gasteiger charge is -2.18. The number of nitrogens with zero attached hydrogens (tertiary/aromatic N) is 3. The lowest BCUT2D eigenvalue weighted by Crippen LogP contribution is -2.28. The number of benzene rings is 2. The van der Waals surface area contributed by atoms with Crippen LogP contribution in [0.3, 0.4) is 0 Å². The minimum absolute atomic E-state index is 0.0282. The van der Waals surface area contributed by atoms with Crippen molar-refractivity contribution in [1.82, 2.24) is 9.80 Å². The Morgan fingerprint density at radius 2 is 1.96 bits per heavy atom. The van der Waals surface area contributed by atoms with Gasteiger partial charge in [-0.2, -0.15) is 5.26 Å².